The third-order valence-corrected chi connectivity index (χ3v) is 5.13. The van der Waals surface area contributed by atoms with E-state index in [1.807, 2.05) is 0 Å². The lowest BCUT2D eigenvalue weighted by atomic mass is 9.58. The standard InChI is InChI=1S/C16H22N2O5/c1-4-16(5-2)13(9-14(16)23-3)17-15(20)10-6-7-11(18(21)22)12(19)8-10/h6-8,13-14,19H,4-5,9H2,1-3H3,(H,17,20)/t13-,14+/m1/s1. The summed E-state index contributed by atoms with van der Waals surface area (Å²) < 4.78 is 5.50. The van der Waals surface area contributed by atoms with Crippen LogP contribution < -0.4 is 5.32 Å². The molecule has 2 rings (SSSR count). The first kappa shape index (κ1) is 17.2. The summed E-state index contributed by atoms with van der Waals surface area (Å²) >= 11 is 0. The van der Waals surface area contributed by atoms with E-state index >= 15 is 0 Å². The molecule has 1 fully saturated rings. The van der Waals surface area contributed by atoms with Crippen LogP contribution in [-0.2, 0) is 4.74 Å². The van der Waals surface area contributed by atoms with E-state index < -0.39 is 16.4 Å². The molecule has 1 aromatic carbocycles. The van der Waals surface area contributed by atoms with Gasteiger partial charge in [0.25, 0.3) is 5.91 Å². The predicted octanol–water partition coefficient (Wildman–Crippen LogP) is 2.62. The van der Waals surface area contributed by atoms with Gasteiger partial charge in [0.1, 0.15) is 0 Å². The zero-order valence-electron chi connectivity index (χ0n) is 13.5. The highest BCUT2D eigenvalue weighted by Gasteiger charge is 2.53. The Bertz CT molecular complexity index is 612. The highest BCUT2D eigenvalue weighted by Crippen LogP contribution is 2.48. The van der Waals surface area contributed by atoms with Crippen LogP contribution >= 0.6 is 0 Å². The normalized spacial score (nSPS) is 22.2. The molecule has 0 saturated heterocycles. The van der Waals surface area contributed by atoms with E-state index in [1.165, 1.54) is 6.07 Å². The number of phenolic OH excluding ortho intramolecular Hbond substituents is 1. The van der Waals surface area contributed by atoms with E-state index in [0.29, 0.717) is 0 Å². The van der Waals surface area contributed by atoms with Crippen LogP contribution in [0, 0.1) is 15.5 Å². The van der Waals surface area contributed by atoms with Crippen molar-refractivity contribution in [3.05, 3.63) is 33.9 Å². The van der Waals surface area contributed by atoms with Crippen molar-refractivity contribution < 1.29 is 19.6 Å². The number of ether oxygens (including phenoxy) is 1. The lowest BCUT2D eigenvalue weighted by Gasteiger charge is -2.55. The molecular weight excluding hydrogens is 300 g/mol. The van der Waals surface area contributed by atoms with E-state index in [0.717, 1.165) is 31.4 Å². The van der Waals surface area contributed by atoms with Gasteiger partial charge in [-0.3, -0.25) is 14.9 Å². The van der Waals surface area contributed by atoms with Gasteiger partial charge in [0.05, 0.1) is 11.0 Å². The Morgan fingerprint density at radius 3 is 2.61 bits per heavy atom. The number of aromatic hydroxyl groups is 1. The van der Waals surface area contributed by atoms with Gasteiger partial charge in [-0.15, -0.1) is 0 Å². The number of carbonyl (C=O) groups excluding carboxylic acids is 1. The molecule has 0 aromatic heterocycles. The number of benzene rings is 1. The third-order valence-electron chi connectivity index (χ3n) is 5.13. The Morgan fingerprint density at radius 2 is 2.13 bits per heavy atom. The van der Waals surface area contributed by atoms with Crippen LogP contribution in [0.3, 0.4) is 0 Å². The van der Waals surface area contributed by atoms with Crippen LogP contribution in [0.2, 0.25) is 0 Å². The molecule has 0 heterocycles. The average molecular weight is 322 g/mol. The number of nitro groups is 1. The van der Waals surface area contributed by atoms with Gasteiger partial charge >= 0.3 is 5.69 Å². The summed E-state index contributed by atoms with van der Waals surface area (Å²) in [5.41, 5.74) is -0.302. The van der Waals surface area contributed by atoms with Crippen molar-refractivity contribution in [3.63, 3.8) is 0 Å². The van der Waals surface area contributed by atoms with E-state index in [4.69, 9.17) is 4.74 Å². The maximum Gasteiger partial charge on any atom is 0.310 e. The lowest BCUT2D eigenvalue weighted by molar-refractivity contribution is -0.385. The van der Waals surface area contributed by atoms with Crippen LogP contribution in [0.4, 0.5) is 5.69 Å². The number of nitrogens with one attached hydrogen (secondary N) is 1. The molecule has 7 heteroatoms. The molecule has 1 amide bonds. The molecule has 23 heavy (non-hydrogen) atoms. The monoisotopic (exact) mass is 322 g/mol. The Balaban J connectivity index is 2.14. The minimum Gasteiger partial charge on any atom is -0.502 e. The van der Waals surface area contributed by atoms with E-state index in [9.17, 15) is 20.0 Å². The van der Waals surface area contributed by atoms with Gasteiger partial charge in [-0.25, -0.2) is 0 Å². The Morgan fingerprint density at radius 1 is 1.48 bits per heavy atom. The molecule has 0 unspecified atom stereocenters. The van der Waals surface area contributed by atoms with Crippen LogP contribution in [0.15, 0.2) is 18.2 Å². The smallest absolute Gasteiger partial charge is 0.310 e. The zero-order chi connectivity index (χ0) is 17.2. The summed E-state index contributed by atoms with van der Waals surface area (Å²) in [5.74, 6) is -0.857. The van der Waals surface area contributed by atoms with Gasteiger partial charge in [-0.2, -0.15) is 0 Å². The second kappa shape index (κ2) is 6.54. The van der Waals surface area contributed by atoms with Crippen molar-refractivity contribution in [3.8, 4) is 5.75 Å². The molecule has 1 saturated carbocycles. The maximum atomic E-state index is 12.4. The zero-order valence-corrected chi connectivity index (χ0v) is 13.5. The molecule has 1 aliphatic rings. The SMILES string of the molecule is CCC1(CC)[C@@H](OC)C[C@H]1NC(=O)c1ccc([N+](=O)[O-])c(O)c1. The quantitative estimate of drug-likeness (QED) is 0.619. The Kier molecular flexibility index (Phi) is 4.89. The number of carbonyl (C=O) groups is 1. The first-order valence-corrected chi connectivity index (χ1v) is 7.70. The number of methoxy groups -OCH3 is 1. The van der Waals surface area contributed by atoms with E-state index in [1.54, 1.807) is 7.11 Å². The Hall–Kier alpha value is -2.15. The highest BCUT2D eigenvalue weighted by molar-refractivity contribution is 5.95. The first-order chi connectivity index (χ1) is 10.9. The number of nitrogens with zero attached hydrogens (tertiary/aromatic N) is 1. The number of nitro benzene ring substituents is 1. The molecule has 7 nitrogen and oxygen atoms in total. The molecule has 0 aliphatic heterocycles. The van der Waals surface area contributed by atoms with Gasteiger partial charge in [-0.05, 0) is 31.4 Å². The molecule has 2 N–H and O–H groups in total. The maximum absolute atomic E-state index is 12.4. The molecule has 0 bridgehead atoms. The minimum atomic E-state index is -0.689. The lowest BCUT2D eigenvalue weighted by Crippen LogP contribution is -2.64. The van der Waals surface area contributed by atoms with Gasteiger partial charge in [0.2, 0.25) is 0 Å². The third kappa shape index (κ3) is 2.88. The first-order valence-electron chi connectivity index (χ1n) is 7.70. The minimum absolute atomic E-state index is 0.00714. The molecule has 126 valence electrons. The Labute approximate surface area is 134 Å². The van der Waals surface area contributed by atoms with Crippen LogP contribution in [0.5, 0.6) is 5.75 Å². The van der Waals surface area contributed by atoms with Crippen molar-refractivity contribution in [1.82, 2.24) is 5.32 Å². The number of rotatable bonds is 6. The average Bonchev–Trinajstić information content (AvgIpc) is 2.51. The highest BCUT2D eigenvalue weighted by atomic mass is 16.6. The van der Waals surface area contributed by atoms with E-state index in [-0.39, 0.29) is 29.0 Å². The second-order valence-electron chi connectivity index (χ2n) is 5.89. The molecule has 2 atom stereocenters. The topological polar surface area (TPSA) is 102 Å². The number of amides is 1. The van der Waals surface area contributed by atoms with Crippen molar-refractivity contribution in [2.45, 2.75) is 45.3 Å². The van der Waals surface area contributed by atoms with Crippen molar-refractivity contribution in [2.75, 3.05) is 7.11 Å². The van der Waals surface area contributed by atoms with Crippen LogP contribution in [0.1, 0.15) is 43.5 Å². The molecule has 0 spiro atoms. The van der Waals surface area contributed by atoms with Gasteiger partial charge in [-0.1, -0.05) is 13.8 Å². The summed E-state index contributed by atoms with van der Waals surface area (Å²) in [6.07, 6.45) is 2.63. The van der Waals surface area contributed by atoms with Crippen LogP contribution in [0.25, 0.3) is 0 Å². The van der Waals surface area contributed by atoms with Crippen molar-refractivity contribution in [1.29, 1.82) is 0 Å². The summed E-state index contributed by atoms with van der Waals surface area (Å²) in [6.45, 7) is 4.15. The largest absolute Gasteiger partial charge is 0.502 e. The molecule has 0 radical (unpaired) electrons. The van der Waals surface area contributed by atoms with Crippen molar-refractivity contribution in [2.24, 2.45) is 5.41 Å². The van der Waals surface area contributed by atoms with Gasteiger partial charge in [0, 0.05) is 30.2 Å². The van der Waals surface area contributed by atoms with E-state index in [2.05, 4.69) is 19.2 Å². The fraction of sp³-hybridized carbons (Fsp3) is 0.562. The molecule has 1 aromatic rings. The number of phenols is 1. The fourth-order valence-corrected chi connectivity index (χ4v) is 3.54. The van der Waals surface area contributed by atoms with Gasteiger partial charge in [0.15, 0.2) is 5.75 Å². The summed E-state index contributed by atoms with van der Waals surface area (Å²) in [6, 6.07) is 3.60. The fourth-order valence-electron chi connectivity index (χ4n) is 3.54. The van der Waals surface area contributed by atoms with Crippen LogP contribution in [-0.4, -0.2) is 35.2 Å². The summed E-state index contributed by atoms with van der Waals surface area (Å²) in [5, 5.41) is 23.3. The summed E-state index contributed by atoms with van der Waals surface area (Å²) in [7, 11) is 1.68. The van der Waals surface area contributed by atoms with Crippen molar-refractivity contribution >= 4 is 11.6 Å². The summed E-state index contributed by atoms with van der Waals surface area (Å²) in [4.78, 5) is 22.4. The number of hydrogen-bond donors (Lipinski definition) is 2. The second-order valence-corrected chi connectivity index (χ2v) is 5.89. The molecular formula is C16H22N2O5. The predicted molar refractivity (Wildman–Crippen MR) is 84.4 cm³/mol. The number of hydrogen-bond acceptors (Lipinski definition) is 5. The van der Waals surface area contributed by atoms with Gasteiger partial charge < -0.3 is 15.2 Å². The molecule has 1 aliphatic carbocycles.